The molecular weight excluding hydrogens is 216 g/mol. The molecule has 0 aliphatic heterocycles. The lowest BCUT2D eigenvalue weighted by Crippen LogP contribution is -2.19. The van der Waals surface area contributed by atoms with Crippen LogP contribution in [-0.4, -0.2) is 11.5 Å². The van der Waals surface area contributed by atoms with E-state index in [-0.39, 0.29) is 0 Å². The molecule has 0 aliphatic carbocycles. The van der Waals surface area contributed by atoms with Crippen molar-refractivity contribution in [3.8, 4) is 0 Å². The maximum Gasteiger partial charge on any atom is 0.0798 e. The van der Waals surface area contributed by atoms with E-state index in [1.54, 1.807) is 11.3 Å². The van der Waals surface area contributed by atoms with Gasteiger partial charge in [0.25, 0.3) is 0 Å². The van der Waals surface area contributed by atoms with Crippen LogP contribution in [0.2, 0.25) is 0 Å². The Hall–Kier alpha value is -0.410. The van der Waals surface area contributed by atoms with Gasteiger partial charge in [-0.25, -0.2) is 4.98 Å². The number of hydrogen-bond donors (Lipinski definition) is 1. The molecule has 0 aromatic carbocycles. The van der Waals surface area contributed by atoms with Crippen LogP contribution in [0, 0.1) is 12.8 Å². The third-order valence-corrected chi connectivity index (χ3v) is 3.95. The van der Waals surface area contributed by atoms with Crippen molar-refractivity contribution in [1.82, 2.24) is 10.3 Å². The minimum atomic E-state index is 0.451. The summed E-state index contributed by atoms with van der Waals surface area (Å²) in [6, 6.07) is 0.451. The quantitative estimate of drug-likeness (QED) is 0.730. The number of unbranched alkanes of at least 4 members (excludes halogenated alkanes) is 1. The molecule has 0 aliphatic rings. The normalized spacial score (nSPS) is 13.3. The van der Waals surface area contributed by atoms with E-state index in [9.17, 15) is 0 Å². The predicted molar refractivity (Wildman–Crippen MR) is 72.0 cm³/mol. The van der Waals surface area contributed by atoms with E-state index >= 15 is 0 Å². The second-order valence-corrected chi connectivity index (χ2v) is 5.75. The zero-order valence-electron chi connectivity index (χ0n) is 10.9. The lowest BCUT2D eigenvalue weighted by molar-refractivity contribution is 0.499. The predicted octanol–water partition coefficient (Wildman–Crippen LogP) is 3.93. The van der Waals surface area contributed by atoms with Gasteiger partial charge in [0.2, 0.25) is 0 Å². The van der Waals surface area contributed by atoms with E-state index in [4.69, 9.17) is 0 Å². The first-order valence-corrected chi connectivity index (χ1v) is 7.12. The van der Waals surface area contributed by atoms with Crippen molar-refractivity contribution in [1.29, 1.82) is 0 Å². The van der Waals surface area contributed by atoms with Crippen LogP contribution in [0.4, 0.5) is 0 Å². The monoisotopic (exact) mass is 240 g/mol. The van der Waals surface area contributed by atoms with Gasteiger partial charge in [0, 0.05) is 10.9 Å². The standard InChI is InChI=1S/C13H24N2S/c1-10(2)7-5-6-8-14-11(3)13-12(4)15-9-16-13/h9-11,14H,5-8H2,1-4H3. The summed E-state index contributed by atoms with van der Waals surface area (Å²) in [5.74, 6) is 0.834. The van der Waals surface area contributed by atoms with Gasteiger partial charge in [0.1, 0.15) is 0 Å². The average molecular weight is 240 g/mol. The Morgan fingerprint density at radius 1 is 1.31 bits per heavy atom. The van der Waals surface area contributed by atoms with Crippen LogP contribution >= 0.6 is 11.3 Å². The fourth-order valence-electron chi connectivity index (χ4n) is 1.82. The highest BCUT2D eigenvalue weighted by atomic mass is 32.1. The molecule has 1 rings (SSSR count). The molecule has 0 radical (unpaired) electrons. The van der Waals surface area contributed by atoms with Crippen molar-refractivity contribution in [3.05, 3.63) is 16.1 Å². The summed E-state index contributed by atoms with van der Waals surface area (Å²) in [6.07, 6.45) is 3.95. The van der Waals surface area contributed by atoms with Crippen LogP contribution in [0.1, 0.15) is 56.6 Å². The number of hydrogen-bond acceptors (Lipinski definition) is 3. The molecule has 3 heteroatoms. The summed E-state index contributed by atoms with van der Waals surface area (Å²) in [4.78, 5) is 5.66. The van der Waals surface area contributed by atoms with Gasteiger partial charge in [-0.2, -0.15) is 0 Å². The number of thiazole rings is 1. The third kappa shape index (κ3) is 4.62. The number of nitrogens with one attached hydrogen (secondary N) is 1. The molecule has 0 amide bonds. The fraction of sp³-hybridized carbons (Fsp3) is 0.769. The molecule has 1 aromatic heterocycles. The summed E-state index contributed by atoms with van der Waals surface area (Å²) >= 11 is 1.75. The van der Waals surface area contributed by atoms with Crippen molar-refractivity contribution in [2.24, 2.45) is 5.92 Å². The Balaban J connectivity index is 2.16. The zero-order valence-corrected chi connectivity index (χ0v) is 11.7. The van der Waals surface area contributed by atoms with Gasteiger partial charge in [-0.05, 0) is 32.7 Å². The van der Waals surface area contributed by atoms with Crippen LogP contribution in [0.15, 0.2) is 5.51 Å². The highest BCUT2D eigenvalue weighted by Crippen LogP contribution is 2.20. The SMILES string of the molecule is Cc1ncsc1C(C)NCCCCC(C)C. The third-order valence-electron chi connectivity index (χ3n) is 2.83. The molecule has 0 spiro atoms. The van der Waals surface area contributed by atoms with Gasteiger partial charge in [0.15, 0.2) is 0 Å². The molecule has 16 heavy (non-hydrogen) atoms. The molecule has 1 N–H and O–H groups in total. The van der Waals surface area contributed by atoms with Gasteiger partial charge in [-0.3, -0.25) is 0 Å². The molecule has 0 saturated heterocycles. The van der Waals surface area contributed by atoms with Crippen LogP contribution in [0.5, 0.6) is 0 Å². The first-order valence-electron chi connectivity index (χ1n) is 6.24. The molecule has 1 atom stereocenters. The number of nitrogens with zero attached hydrogens (tertiary/aromatic N) is 1. The molecule has 92 valence electrons. The molecule has 1 heterocycles. The summed E-state index contributed by atoms with van der Waals surface area (Å²) < 4.78 is 0. The van der Waals surface area contributed by atoms with E-state index in [1.165, 1.54) is 29.8 Å². The second kappa shape index (κ2) is 7.02. The molecule has 0 bridgehead atoms. The van der Waals surface area contributed by atoms with Crippen molar-refractivity contribution < 1.29 is 0 Å². The van der Waals surface area contributed by atoms with Crippen molar-refractivity contribution in [2.75, 3.05) is 6.54 Å². The Labute approximate surface area is 103 Å². The van der Waals surface area contributed by atoms with Crippen molar-refractivity contribution in [3.63, 3.8) is 0 Å². The average Bonchev–Trinajstić information content (AvgIpc) is 2.63. The van der Waals surface area contributed by atoms with Crippen molar-refractivity contribution >= 4 is 11.3 Å². The Bertz CT molecular complexity index is 294. The van der Waals surface area contributed by atoms with Gasteiger partial charge in [-0.15, -0.1) is 11.3 Å². The molecule has 1 aromatic rings. The zero-order chi connectivity index (χ0) is 12.0. The summed E-state index contributed by atoms with van der Waals surface area (Å²) in [5.41, 5.74) is 3.11. The smallest absolute Gasteiger partial charge is 0.0798 e. The number of rotatable bonds is 7. The topological polar surface area (TPSA) is 24.9 Å². The lowest BCUT2D eigenvalue weighted by Gasteiger charge is -2.13. The lowest BCUT2D eigenvalue weighted by atomic mass is 10.1. The van der Waals surface area contributed by atoms with Gasteiger partial charge in [-0.1, -0.05) is 26.7 Å². The van der Waals surface area contributed by atoms with Gasteiger partial charge >= 0.3 is 0 Å². The number of aryl methyl sites for hydroxylation is 1. The van der Waals surface area contributed by atoms with Crippen molar-refractivity contribution in [2.45, 2.75) is 53.0 Å². The van der Waals surface area contributed by atoms with E-state index in [0.29, 0.717) is 6.04 Å². The maximum absolute atomic E-state index is 4.28. The van der Waals surface area contributed by atoms with Crippen LogP contribution < -0.4 is 5.32 Å². The highest BCUT2D eigenvalue weighted by molar-refractivity contribution is 7.09. The Morgan fingerprint density at radius 2 is 2.06 bits per heavy atom. The first kappa shape index (κ1) is 13.7. The van der Waals surface area contributed by atoms with Crippen LogP contribution in [0.25, 0.3) is 0 Å². The molecule has 1 unspecified atom stereocenters. The second-order valence-electron chi connectivity index (χ2n) is 4.87. The van der Waals surface area contributed by atoms with Gasteiger partial charge < -0.3 is 5.32 Å². The van der Waals surface area contributed by atoms with E-state index in [2.05, 4.69) is 38.0 Å². The highest BCUT2D eigenvalue weighted by Gasteiger charge is 2.09. The van der Waals surface area contributed by atoms with Crippen LogP contribution in [-0.2, 0) is 0 Å². The molecule has 0 saturated carbocycles. The minimum absolute atomic E-state index is 0.451. The molecular formula is C13H24N2S. The van der Waals surface area contributed by atoms with E-state index < -0.39 is 0 Å². The Morgan fingerprint density at radius 3 is 2.62 bits per heavy atom. The Kier molecular flexibility index (Phi) is 5.99. The number of aromatic nitrogens is 1. The minimum Gasteiger partial charge on any atom is -0.309 e. The van der Waals surface area contributed by atoms with E-state index in [1.807, 2.05) is 5.51 Å². The summed E-state index contributed by atoms with van der Waals surface area (Å²) in [6.45, 7) is 10.0. The molecule has 0 fully saturated rings. The maximum atomic E-state index is 4.28. The first-order chi connectivity index (χ1) is 7.61. The van der Waals surface area contributed by atoms with E-state index in [0.717, 1.165) is 12.5 Å². The largest absolute Gasteiger partial charge is 0.309 e. The fourth-order valence-corrected chi connectivity index (χ4v) is 2.65. The summed E-state index contributed by atoms with van der Waals surface area (Å²) in [7, 11) is 0. The summed E-state index contributed by atoms with van der Waals surface area (Å²) in [5, 5.41) is 3.57. The molecule has 2 nitrogen and oxygen atoms in total. The van der Waals surface area contributed by atoms with Crippen LogP contribution in [0.3, 0.4) is 0 Å². The van der Waals surface area contributed by atoms with Gasteiger partial charge in [0.05, 0.1) is 11.2 Å².